The van der Waals surface area contributed by atoms with E-state index in [2.05, 4.69) is 20.8 Å². The molecule has 0 aliphatic heterocycles. The second-order valence-corrected chi connectivity index (χ2v) is 4.04. The highest BCUT2D eigenvalue weighted by Crippen LogP contribution is 2.26. The van der Waals surface area contributed by atoms with Crippen LogP contribution in [0.4, 0.5) is 0 Å². The molecule has 0 rings (SSSR count). The Morgan fingerprint density at radius 3 is 2.20 bits per heavy atom. The first-order valence-corrected chi connectivity index (χ1v) is 4.72. The van der Waals surface area contributed by atoms with E-state index in [4.69, 9.17) is 11.6 Å². The van der Waals surface area contributed by atoms with E-state index >= 15 is 0 Å². The van der Waals surface area contributed by atoms with Crippen LogP contribution in [0.3, 0.4) is 0 Å². The van der Waals surface area contributed by atoms with Crippen LogP contribution < -0.4 is 0 Å². The Morgan fingerprint density at radius 2 is 1.80 bits per heavy atom. The molecular weight excluding hydrogens is 144 g/mol. The molecule has 0 aliphatic rings. The van der Waals surface area contributed by atoms with Crippen molar-refractivity contribution in [2.24, 2.45) is 5.41 Å². The molecule has 0 N–H and O–H groups in total. The number of halogens is 1. The van der Waals surface area contributed by atoms with Crippen LogP contribution in [0.2, 0.25) is 0 Å². The molecule has 62 valence electrons. The van der Waals surface area contributed by atoms with Crippen molar-refractivity contribution in [2.45, 2.75) is 46.5 Å². The molecule has 0 bridgehead atoms. The Bertz CT molecular complexity index is 76.8. The predicted molar refractivity (Wildman–Crippen MR) is 48.6 cm³/mol. The highest BCUT2D eigenvalue weighted by atomic mass is 35.5. The van der Waals surface area contributed by atoms with Crippen LogP contribution in [0.5, 0.6) is 0 Å². The zero-order chi connectivity index (χ0) is 8.04. The lowest BCUT2D eigenvalue weighted by molar-refractivity contribution is 0.312. The normalized spacial score (nSPS) is 12.0. The maximum Gasteiger partial charge on any atom is 0.0223 e. The van der Waals surface area contributed by atoms with Gasteiger partial charge in [0.05, 0.1) is 0 Å². The lowest BCUT2D eigenvalue weighted by atomic mass is 9.85. The summed E-state index contributed by atoms with van der Waals surface area (Å²) in [4.78, 5) is 0. The zero-order valence-corrected chi connectivity index (χ0v) is 8.17. The number of unbranched alkanes of at least 4 members (excludes halogenated alkanes) is 1. The highest BCUT2D eigenvalue weighted by Gasteiger charge is 2.13. The third-order valence-electron chi connectivity index (χ3n) is 2.19. The van der Waals surface area contributed by atoms with Gasteiger partial charge in [-0.1, -0.05) is 33.6 Å². The number of rotatable bonds is 5. The van der Waals surface area contributed by atoms with E-state index in [1.807, 2.05) is 0 Å². The van der Waals surface area contributed by atoms with Crippen LogP contribution in [-0.4, -0.2) is 5.88 Å². The smallest absolute Gasteiger partial charge is 0.0223 e. The van der Waals surface area contributed by atoms with E-state index in [-0.39, 0.29) is 0 Å². The Hall–Kier alpha value is 0.290. The van der Waals surface area contributed by atoms with Gasteiger partial charge >= 0.3 is 0 Å². The minimum atomic E-state index is 0.534. The summed E-state index contributed by atoms with van der Waals surface area (Å²) in [7, 11) is 0. The van der Waals surface area contributed by atoms with Gasteiger partial charge in [0, 0.05) is 5.88 Å². The van der Waals surface area contributed by atoms with Crippen molar-refractivity contribution in [1.29, 1.82) is 0 Å². The lowest BCUT2D eigenvalue weighted by Crippen LogP contribution is -2.08. The van der Waals surface area contributed by atoms with Gasteiger partial charge in [-0.05, 0) is 18.3 Å². The van der Waals surface area contributed by atoms with Gasteiger partial charge in [-0.2, -0.15) is 0 Å². The monoisotopic (exact) mass is 162 g/mol. The highest BCUT2D eigenvalue weighted by molar-refractivity contribution is 6.17. The fraction of sp³-hybridized carbons (Fsp3) is 1.00. The van der Waals surface area contributed by atoms with Crippen LogP contribution in [0, 0.1) is 5.41 Å². The maximum absolute atomic E-state index is 5.57. The largest absolute Gasteiger partial charge is 0.127 e. The van der Waals surface area contributed by atoms with Gasteiger partial charge in [-0.3, -0.25) is 0 Å². The van der Waals surface area contributed by atoms with E-state index in [1.165, 1.54) is 25.7 Å². The van der Waals surface area contributed by atoms with Crippen LogP contribution in [0.25, 0.3) is 0 Å². The van der Waals surface area contributed by atoms with Gasteiger partial charge in [-0.15, -0.1) is 11.6 Å². The molecule has 0 saturated heterocycles. The van der Waals surface area contributed by atoms with Crippen molar-refractivity contribution in [3.8, 4) is 0 Å². The van der Waals surface area contributed by atoms with Crippen molar-refractivity contribution in [3.05, 3.63) is 0 Å². The van der Waals surface area contributed by atoms with Crippen LogP contribution >= 0.6 is 11.6 Å². The van der Waals surface area contributed by atoms with E-state index in [0.717, 1.165) is 5.88 Å². The molecule has 10 heavy (non-hydrogen) atoms. The fourth-order valence-corrected chi connectivity index (χ4v) is 1.06. The first-order valence-electron chi connectivity index (χ1n) is 4.18. The minimum Gasteiger partial charge on any atom is -0.127 e. The summed E-state index contributed by atoms with van der Waals surface area (Å²) in [5.41, 5.74) is 0.534. The van der Waals surface area contributed by atoms with Crippen molar-refractivity contribution in [3.63, 3.8) is 0 Å². The molecular formula is C9H19Cl. The van der Waals surface area contributed by atoms with Crippen LogP contribution in [-0.2, 0) is 0 Å². The molecule has 0 spiro atoms. The van der Waals surface area contributed by atoms with Gasteiger partial charge in [0.2, 0.25) is 0 Å². The lowest BCUT2D eigenvalue weighted by Gasteiger charge is -2.21. The zero-order valence-electron chi connectivity index (χ0n) is 7.41. The van der Waals surface area contributed by atoms with Gasteiger partial charge in [0.25, 0.3) is 0 Å². The third kappa shape index (κ3) is 5.10. The molecule has 0 fully saturated rings. The number of hydrogen-bond acceptors (Lipinski definition) is 0. The quantitative estimate of drug-likeness (QED) is 0.426. The Kier molecular flexibility index (Phi) is 5.15. The molecule has 0 aliphatic carbocycles. The summed E-state index contributed by atoms with van der Waals surface area (Å²) in [5.74, 6) is 0.819. The van der Waals surface area contributed by atoms with Crippen LogP contribution in [0.1, 0.15) is 46.5 Å². The van der Waals surface area contributed by atoms with Crippen molar-refractivity contribution < 1.29 is 0 Å². The average molecular weight is 163 g/mol. The molecule has 0 aromatic heterocycles. The predicted octanol–water partition coefficient (Wildman–Crippen LogP) is 3.83. The van der Waals surface area contributed by atoms with E-state index in [1.54, 1.807) is 0 Å². The third-order valence-corrected chi connectivity index (χ3v) is 2.46. The van der Waals surface area contributed by atoms with Gasteiger partial charge in [-0.25, -0.2) is 0 Å². The second-order valence-electron chi connectivity index (χ2n) is 3.66. The van der Waals surface area contributed by atoms with Crippen molar-refractivity contribution in [2.75, 3.05) is 5.88 Å². The molecule has 0 aromatic rings. The summed E-state index contributed by atoms with van der Waals surface area (Å²) in [5, 5.41) is 0. The van der Waals surface area contributed by atoms with Gasteiger partial charge < -0.3 is 0 Å². The summed E-state index contributed by atoms with van der Waals surface area (Å²) in [6.07, 6.45) is 5.04. The average Bonchev–Trinajstić information content (AvgIpc) is 1.89. The molecule has 0 saturated carbocycles. The standard InChI is InChI=1S/C9H19Cl/c1-4-9(2,3)7-5-6-8-10/h4-8H2,1-3H3. The summed E-state index contributed by atoms with van der Waals surface area (Å²) >= 11 is 5.57. The molecule has 0 heterocycles. The molecule has 0 aromatic carbocycles. The molecule has 0 atom stereocenters. The summed E-state index contributed by atoms with van der Waals surface area (Å²) < 4.78 is 0. The Balaban J connectivity index is 3.28. The molecule has 1 heteroatoms. The number of alkyl halides is 1. The topological polar surface area (TPSA) is 0 Å². The first-order chi connectivity index (χ1) is 4.62. The molecule has 0 unspecified atom stereocenters. The van der Waals surface area contributed by atoms with E-state index < -0.39 is 0 Å². The summed E-state index contributed by atoms with van der Waals surface area (Å²) in [6.45, 7) is 6.89. The second kappa shape index (κ2) is 5.01. The van der Waals surface area contributed by atoms with Crippen LogP contribution in [0.15, 0.2) is 0 Å². The number of hydrogen-bond donors (Lipinski definition) is 0. The van der Waals surface area contributed by atoms with E-state index in [0.29, 0.717) is 5.41 Å². The van der Waals surface area contributed by atoms with Gasteiger partial charge in [0.15, 0.2) is 0 Å². The fourth-order valence-electron chi connectivity index (χ4n) is 0.875. The van der Waals surface area contributed by atoms with Gasteiger partial charge in [0.1, 0.15) is 0 Å². The molecule has 0 amide bonds. The molecule has 0 nitrogen and oxygen atoms in total. The minimum absolute atomic E-state index is 0.534. The summed E-state index contributed by atoms with van der Waals surface area (Å²) in [6, 6.07) is 0. The maximum atomic E-state index is 5.57. The SMILES string of the molecule is CCC(C)(C)CCCCCl. The first kappa shape index (κ1) is 10.3. The van der Waals surface area contributed by atoms with Crippen molar-refractivity contribution in [1.82, 2.24) is 0 Å². The molecule has 0 radical (unpaired) electrons. The Labute approximate surface area is 70.0 Å². The Morgan fingerprint density at radius 1 is 1.20 bits per heavy atom. The van der Waals surface area contributed by atoms with Crippen molar-refractivity contribution >= 4 is 11.6 Å². The van der Waals surface area contributed by atoms with E-state index in [9.17, 15) is 0 Å².